The SMILES string of the molecule is CO[C@@H]1CC[C@H]2OCCN[C@H]2C1. The lowest BCUT2D eigenvalue weighted by Crippen LogP contribution is -2.52. The molecule has 1 saturated heterocycles. The average molecular weight is 171 g/mol. The molecular formula is C9H17NO2. The third-order valence-corrected chi connectivity index (χ3v) is 2.91. The minimum Gasteiger partial charge on any atom is -0.381 e. The third-order valence-electron chi connectivity index (χ3n) is 2.91. The summed E-state index contributed by atoms with van der Waals surface area (Å²) in [6.45, 7) is 1.87. The van der Waals surface area contributed by atoms with E-state index in [0.717, 1.165) is 32.4 Å². The Morgan fingerprint density at radius 3 is 3.17 bits per heavy atom. The second-order valence-corrected chi connectivity index (χ2v) is 3.64. The highest BCUT2D eigenvalue weighted by atomic mass is 16.5. The van der Waals surface area contributed by atoms with E-state index in [1.807, 2.05) is 0 Å². The summed E-state index contributed by atoms with van der Waals surface area (Å²) in [5, 5.41) is 3.48. The van der Waals surface area contributed by atoms with Crippen LogP contribution in [0.1, 0.15) is 19.3 Å². The summed E-state index contributed by atoms with van der Waals surface area (Å²) < 4.78 is 11.0. The van der Waals surface area contributed by atoms with E-state index in [9.17, 15) is 0 Å². The molecule has 1 saturated carbocycles. The zero-order valence-electron chi connectivity index (χ0n) is 7.58. The van der Waals surface area contributed by atoms with Crippen LogP contribution in [0.15, 0.2) is 0 Å². The molecule has 70 valence electrons. The maximum Gasteiger partial charge on any atom is 0.0730 e. The predicted octanol–water partition coefficient (Wildman–Crippen LogP) is 0.542. The van der Waals surface area contributed by atoms with E-state index in [1.165, 1.54) is 0 Å². The van der Waals surface area contributed by atoms with E-state index in [2.05, 4.69) is 5.32 Å². The standard InChI is InChI=1S/C9H17NO2/c1-11-7-2-3-9-8(6-7)10-4-5-12-9/h7-10H,2-6H2,1H3/t7-,8+,9-/m1/s1. The monoisotopic (exact) mass is 171 g/mol. The Kier molecular flexibility index (Phi) is 2.63. The highest BCUT2D eigenvalue weighted by Crippen LogP contribution is 2.25. The Morgan fingerprint density at radius 2 is 2.33 bits per heavy atom. The minimum absolute atomic E-state index is 0.445. The second-order valence-electron chi connectivity index (χ2n) is 3.64. The molecule has 0 amide bonds. The van der Waals surface area contributed by atoms with Crippen molar-refractivity contribution in [2.24, 2.45) is 0 Å². The molecule has 0 spiro atoms. The molecule has 1 N–H and O–H groups in total. The first-order chi connectivity index (χ1) is 5.90. The Bertz CT molecular complexity index is 151. The summed E-state index contributed by atoms with van der Waals surface area (Å²) >= 11 is 0. The zero-order valence-corrected chi connectivity index (χ0v) is 7.58. The van der Waals surface area contributed by atoms with E-state index < -0.39 is 0 Å². The van der Waals surface area contributed by atoms with Gasteiger partial charge in [-0.2, -0.15) is 0 Å². The van der Waals surface area contributed by atoms with Crippen LogP contribution in [0.25, 0.3) is 0 Å². The number of morpholine rings is 1. The molecule has 0 aromatic heterocycles. The molecule has 2 aliphatic rings. The van der Waals surface area contributed by atoms with Crippen LogP contribution in [-0.4, -0.2) is 38.5 Å². The molecular weight excluding hydrogens is 154 g/mol. The van der Waals surface area contributed by atoms with Gasteiger partial charge >= 0.3 is 0 Å². The molecule has 0 aromatic carbocycles. The van der Waals surface area contributed by atoms with Gasteiger partial charge in [-0.25, -0.2) is 0 Å². The van der Waals surface area contributed by atoms with E-state index in [-0.39, 0.29) is 0 Å². The number of methoxy groups -OCH3 is 1. The molecule has 3 heteroatoms. The van der Waals surface area contributed by atoms with Crippen LogP contribution in [-0.2, 0) is 9.47 Å². The average Bonchev–Trinajstić information content (AvgIpc) is 2.17. The van der Waals surface area contributed by atoms with Gasteiger partial charge in [0, 0.05) is 19.7 Å². The van der Waals surface area contributed by atoms with Crippen LogP contribution < -0.4 is 5.32 Å². The highest BCUT2D eigenvalue weighted by molar-refractivity contribution is 4.88. The largest absolute Gasteiger partial charge is 0.381 e. The van der Waals surface area contributed by atoms with Gasteiger partial charge < -0.3 is 14.8 Å². The number of nitrogens with one attached hydrogen (secondary N) is 1. The van der Waals surface area contributed by atoms with E-state index in [0.29, 0.717) is 18.2 Å². The lowest BCUT2D eigenvalue weighted by molar-refractivity contribution is -0.0593. The third kappa shape index (κ3) is 1.63. The molecule has 12 heavy (non-hydrogen) atoms. The van der Waals surface area contributed by atoms with Crippen LogP contribution >= 0.6 is 0 Å². The van der Waals surface area contributed by atoms with Gasteiger partial charge in [-0.15, -0.1) is 0 Å². The Morgan fingerprint density at radius 1 is 1.42 bits per heavy atom. The Balaban J connectivity index is 1.90. The van der Waals surface area contributed by atoms with Gasteiger partial charge in [-0.1, -0.05) is 0 Å². The molecule has 1 heterocycles. The maximum atomic E-state index is 5.66. The summed E-state index contributed by atoms with van der Waals surface area (Å²) in [6.07, 6.45) is 4.31. The van der Waals surface area contributed by atoms with E-state index in [1.54, 1.807) is 7.11 Å². The van der Waals surface area contributed by atoms with Crippen molar-refractivity contribution in [1.29, 1.82) is 0 Å². The van der Waals surface area contributed by atoms with Crippen molar-refractivity contribution in [2.75, 3.05) is 20.3 Å². The predicted molar refractivity (Wildman–Crippen MR) is 46.2 cm³/mol. The van der Waals surface area contributed by atoms with Gasteiger partial charge in [0.2, 0.25) is 0 Å². The van der Waals surface area contributed by atoms with E-state index in [4.69, 9.17) is 9.47 Å². The van der Waals surface area contributed by atoms with Crippen LogP contribution in [0.3, 0.4) is 0 Å². The van der Waals surface area contributed by atoms with Crippen molar-refractivity contribution in [3.8, 4) is 0 Å². The van der Waals surface area contributed by atoms with E-state index >= 15 is 0 Å². The van der Waals surface area contributed by atoms with Gasteiger partial charge in [0.15, 0.2) is 0 Å². The van der Waals surface area contributed by atoms with Gasteiger partial charge in [0.1, 0.15) is 0 Å². The van der Waals surface area contributed by atoms with Crippen molar-refractivity contribution in [1.82, 2.24) is 5.32 Å². The molecule has 2 fully saturated rings. The Hall–Kier alpha value is -0.120. The quantitative estimate of drug-likeness (QED) is 0.624. The molecule has 0 bridgehead atoms. The molecule has 3 nitrogen and oxygen atoms in total. The molecule has 2 rings (SSSR count). The fourth-order valence-corrected chi connectivity index (χ4v) is 2.19. The first-order valence-electron chi connectivity index (χ1n) is 4.78. The van der Waals surface area contributed by atoms with Crippen molar-refractivity contribution in [2.45, 2.75) is 37.5 Å². The summed E-state index contributed by atoms with van der Waals surface area (Å²) in [4.78, 5) is 0. The molecule has 0 radical (unpaired) electrons. The number of hydrogen-bond donors (Lipinski definition) is 1. The smallest absolute Gasteiger partial charge is 0.0730 e. The highest BCUT2D eigenvalue weighted by Gasteiger charge is 2.32. The lowest BCUT2D eigenvalue weighted by atomic mass is 9.89. The van der Waals surface area contributed by atoms with Gasteiger partial charge in [0.25, 0.3) is 0 Å². The van der Waals surface area contributed by atoms with Crippen molar-refractivity contribution < 1.29 is 9.47 Å². The molecule has 1 aliphatic carbocycles. The number of ether oxygens (including phenoxy) is 2. The lowest BCUT2D eigenvalue weighted by Gasteiger charge is -2.39. The van der Waals surface area contributed by atoms with Crippen molar-refractivity contribution >= 4 is 0 Å². The van der Waals surface area contributed by atoms with Crippen LogP contribution in [0.2, 0.25) is 0 Å². The van der Waals surface area contributed by atoms with Crippen molar-refractivity contribution in [3.63, 3.8) is 0 Å². The zero-order chi connectivity index (χ0) is 8.39. The molecule has 3 atom stereocenters. The first kappa shape index (κ1) is 8.48. The summed E-state index contributed by atoms with van der Waals surface area (Å²) in [5.41, 5.74) is 0. The summed E-state index contributed by atoms with van der Waals surface area (Å²) in [5.74, 6) is 0. The Labute approximate surface area is 73.4 Å². The normalized spacial score (nSPS) is 42.2. The number of fused-ring (bicyclic) bond motifs is 1. The van der Waals surface area contributed by atoms with Gasteiger partial charge in [-0.3, -0.25) is 0 Å². The van der Waals surface area contributed by atoms with Gasteiger partial charge in [-0.05, 0) is 19.3 Å². The molecule has 1 aliphatic heterocycles. The summed E-state index contributed by atoms with van der Waals surface area (Å²) in [6, 6.07) is 0.539. The van der Waals surface area contributed by atoms with Crippen LogP contribution in [0, 0.1) is 0 Å². The van der Waals surface area contributed by atoms with Crippen LogP contribution in [0.4, 0.5) is 0 Å². The minimum atomic E-state index is 0.445. The van der Waals surface area contributed by atoms with Crippen molar-refractivity contribution in [3.05, 3.63) is 0 Å². The topological polar surface area (TPSA) is 30.5 Å². The number of hydrogen-bond acceptors (Lipinski definition) is 3. The fourth-order valence-electron chi connectivity index (χ4n) is 2.19. The van der Waals surface area contributed by atoms with Gasteiger partial charge in [0.05, 0.1) is 18.8 Å². The molecule has 0 aromatic rings. The number of rotatable bonds is 1. The first-order valence-corrected chi connectivity index (χ1v) is 4.78. The maximum absolute atomic E-state index is 5.66. The van der Waals surface area contributed by atoms with Crippen LogP contribution in [0.5, 0.6) is 0 Å². The second kappa shape index (κ2) is 3.73. The summed E-state index contributed by atoms with van der Waals surface area (Å²) in [7, 11) is 1.80. The fraction of sp³-hybridized carbons (Fsp3) is 1.00. The molecule has 0 unspecified atom stereocenters.